The maximum Gasteiger partial charge on any atom is 0.302 e. The van der Waals surface area contributed by atoms with Crippen LogP contribution in [-0.2, 0) is 9.53 Å². The third kappa shape index (κ3) is 2.78. The van der Waals surface area contributed by atoms with Gasteiger partial charge in [0.2, 0.25) is 0 Å². The summed E-state index contributed by atoms with van der Waals surface area (Å²) in [5.74, 6) is 0.139. The Morgan fingerprint density at radius 3 is 3.00 bits per heavy atom. The van der Waals surface area contributed by atoms with Crippen molar-refractivity contribution in [2.75, 3.05) is 25.1 Å². The minimum absolute atomic E-state index is 0.194. The predicted molar refractivity (Wildman–Crippen MR) is 68.3 cm³/mol. The van der Waals surface area contributed by atoms with E-state index in [1.165, 1.54) is 18.2 Å². The zero-order valence-corrected chi connectivity index (χ0v) is 10.5. The molecule has 1 unspecified atom stereocenters. The van der Waals surface area contributed by atoms with Crippen molar-refractivity contribution in [3.05, 3.63) is 29.8 Å². The summed E-state index contributed by atoms with van der Waals surface area (Å²) < 4.78 is 5.17. The number of ether oxygens (including phenoxy) is 1. The number of nitrogens with zero attached hydrogens (tertiary/aromatic N) is 1. The Kier molecular flexibility index (Phi) is 3.67. The van der Waals surface area contributed by atoms with Crippen LogP contribution in [0.5, 0.6) is 0 Å². The average molecular weight is 233 g/mol. The molecule has 1 aromatic rings. The summed E-state index contributed by atoms with van der Waals surface area (Å²) in [6.45, 7) is 3.03. The molecule has 0 radical (unpaired) electrons. The third-order valence-electron chi connectivity index (χ3n) is 3.32. The van der Waals surface area contributed by atoms with Gasteiger partial charge in [-0.1, -0.05) is 18.2 Å². The minimum atomic E-state index is -0.194. The molecule has 0 aromatic heterocycles. The average Bonchev–Trinajstić information content (AvgIpc) is 2.47. The molecule has 0 amide bonds. The lowest BCUT2D eigenvalue weighted by Crippen LogP contribution is -2.17. The quantitative estimate of drug-likeness (QED) is 0.735. The Bertz CT molecular complexity index is 403. The summed E-state index contributed by atoms with van der Waals surface area (Å²) in [5.41, 5.74) is 2.57. The van der Waals surface area contributed by atoms with Crippen LogP contribution in [0.2, 0.25) is 0 Å². The summed E-state index contributed by atoms with van der Waals surface area (Å²) in [4.78, 5) is 13.2. The van der Waals surface area contributed by atoms with Gasteiger partial charge in [-0.3, -0.25) is 4.79 Å². The Labute approximate surface area is 102 Å². The van der Waals surface area contributed by atoms with Crippen LogP contribution in [0.25, 0.3) is 0 Å². The molecule has 3 heteroatoms. The highest BCUT2D eigenvalue weighted by Crippen LogP contribution is 2.33. The lowest BCUT2D eigenvalue weighted by Gasteiger charge is -2.21. The lowest BCUT2D eigenvalue weighted by atomic mass is 9.95. The summed E-state index contributed by atoms with van der Waals surface area (Å²) >= 11 is 0. The number of esters is 1. The largest absolute Gasteiger partial charge is 0.465 e. The van der Waals surface area contributed by atoms with E-state index in [-0.39, 0.29) is 5.97 Å². The summed E-state index contributed by atoms with van der Waals surface area (Å²) in [5, 5.41) is 0. The van der Waals surface area contributed by atoms with E-state index in [2.05, 4.69) is 36.2 Å². The number of para-hydroxylation sites is 1. The van der Waals surface area contributed by atoms with Gasteiger partial charge in [-0.05, 0) is 24.5 Å². The second kappa shape index (κ2) is 5.21. The first kappa shape index (κ1) is 12.0. The molecule has 0 fully saturated rings. The van der Waals surface area contributed by atoms with Gasteiger partial charge < -0.3 is 9.64 Å². The predicted octanol–water partition coefficient (Wildman–Crippen LogP) is 2.56. The van der Waals surface area contributed by atoms with E-state index in [9.17, 15) is 4.79 Å². The summed E-state index contributed by atoms with van der Waals surface area (Å²) in [6, 6.07) is 8.40. The molecule has 0 spiro atoms. The third-order valence-corrected chi connectivity index (χ3v) is 3.32. The van der Waals surface area contributed by atoms with Crippen molar-refractivity contribution < 1.29 is 9.53 Å². The van der Waals surface area contributed by atoms with E-state index in [1.54, 1.807) is 0 Å². The van der Waals surface area contributed by atoms with E-state index in [0.717, 1.165) is 19.4 Å². The van der Waals surface area contributed by atoms with Gasteiger partial charge in [0.1, 0.15) is 0 Å². The van der Waals surface area contributed by atoms with E-state index in [1.807, 2.05) is 0 Å². The monoisotopic (exact) mass is 233 g/mol. The zero-order chi connectivity index (χ0) is 12.3. The highest BCUT2D eigenvalue weighted by molar-refractivity contribution is 5.66. The molecule has 17 heavy (non-hydrogen) atoms. The second-order valence-corrected chi connectivity index (χ2v) is 4.62. The highest BCUT2D eigenvalue weighted by Gasteiger charge is 2.21. The molecule has 0 saturated heterocycles. The number of carbonyl (C=O) groups is 1. The fourth-order valence-corrected chi connectivity index (χ4v) is 2.42. The fraction of sp³-hybridized carbons (Fsp3) is 0.500. The molecule has 2 rings (SSSR count). The maximum absolute atomic E-state index is 10.9. The number of anilines is 1. The van der Waals surface area contributed by atoms with Crippen molar-refractivity contribution in [3.63, 3.8) is 0 Å². The second-order valence-electron chi connectivity index (χ2n) is 4.62. The zero-order valence-electron chi connectivity index (χ0n) is 10.5. The van der Waals surface area contributed by atoms with Crippen molar-refractivity contribution >= 4 is 11.7 Å². The fourth-order valence-electron chi connectivity index (χ4n) is 2.42. The van der Waals surface area contributed by atoms with Gasteiger partial charge in [0.15, 0.2) is 0 Å². The number of carbonyl (C=O) groups excluding carboxylic acids is 1. The smallest absolute Gasteiger partial charge is 0.302 e. The Hall–Kier alpha value is -1.51. The topological polar surface area (TPSA) is 29.5 Å². The molecular formula is C14H19NO2. The van der Waals surface area contributed by atoms with Gasteiger partial charge in [-0.2, -0.15) is 0 Å². The van der Waals surface area contributed by atoms with Crippen molar-refractivity contribution in [1.29, 1.82) is 0 Å². The van der Waals surface area contributed by atoms with Crippen LogP contribution in [-0.4, -0.2) is 26.2 Å². The molecule has 1 atom stereocenters. The van der Waals surface area contributed by atoms with Crippen molar-refractivity contribution in [3.8, 4) is 0 Å². The van der Waals surface area contributed by atoms with Gasteiger partial charge in [0.05, 0.1) is 6.61 Å². The van der Waals surface area contributed by atoms with Gasteiger partial charge in [0, 0.05) is 32.1 Å². The van der Waals surface area contributed by atoms with Crippen LogP contribution in [0, 0.1) is 0 Å². The van der Waals surface area contributed by atoms with E-state index in [4.69, 9.17) is 4.74 Å². The van der Waals surface area contributed by atoms with Gasteiger partial charge in [-0.25, -0.2) is 0 Å². The van der Waals surface area contributed by atoms with Gasteiger partial charge in [-0.15, -0.1) is 0 Å². The molecule has 92 valence electrons. The molecule has 1 aliphatic heterocycles. The van der Waals surface area contributed by atoms with Crippen LogP contribution >= 0.6 is 0 Å². The molecule has 1 aliphatic rings. The number of hydrogen-bond acceptors (Lipinski definition) is 3. The lowest BCUT2D eigenvalue weighted by molar-refractivity contribution is -0.141. The molecule has 1 aromatic carbocycles. The maximum atomic E-state index is 10.9. The van der Waals surface area contributed by atoms with Crippen molar-refractivity contribution in [2.24, 2.45) is 0 Å². The molecule has 0 aliphatic carbocycles. The minimum Gasteiger partial charge on any atom is -0.465 e. The van der Waals surface area contributed by atoms with Crippen LogP contribution in [0.3, 0.4) is 0 Å². The van der Waals surface area contributed by atoms with Crippen molar-refractivity contribution in [2.45, 2.75) is 25.7 Å². The molecule has 0 N–H and O–H groups in total. The van der Waals surface area contributed by atoms with Crippen LogP contribution in [0.1, 0.15) is 31.2 Å². The molecule has 1 heterocycles. The highest BCUT2D eigenvalue weighted by atomic mass is 16.5. The van der Waals surface area contributed by atoms with E-state index in [0.29, 0.717) is 12.5 Å². The number of fused-ring (bicyclic) bond motifs is 1. The first-order valence-electron chi connectivity index (χ1n) is 6.12. The molecule has 0 saturated carbocycles. The Morgan fingerprint density at radius 2 is 2.24 bits per heavy atom. The van der Waals surface area contributed by atoms with Crippen LogP contribution < -0.4 is 4.90 Å². The SMILES string of the molecule is CC(=O)OCC1CCCN(C)c2ccccc21. The van der Waals surface area contributed by atoms with Gasteiger partial charge >= 0.3 is 5.97 Å². The normalized spacial score (nSPS) is 19.4. The van der Waals surface area contributed by atoms with E-state index >= 15 is 0 Å². The Balaban J connectivity index is 2.22. The number of benzene rings is 1. The standard InChI is InChI=1S/C14H19NO2/c1-11(16)17-10-12-6-5-9-15(2)14-8-4-3-7-13(12)14/h3-4,7-8,12H,5-6,9-10H2,1-2H3. The van der Waals surface area contributed by atoms with Crippen molar-refractivity contribution in [1.82, 2.24) is 0 Å². The summed E-state index contributed by atoms with van der Waals surface area (Å²) in [7, 11) is 2.12. The number of rotatable bonds is 2. The first-order valence-corrected chi connectivity index (χ1v) is 6.12. The molecule has 0 bridgehead atoms. The molecular weight excluding hydrogens is 214 g/mol. The Morgan fingerprint density at radius 1 is 1.47 bits per heavy atom. The summed E-state index contributed by atoms with van der Waals surface area (Å²) in [6.07, 6.45) is 2.21. The van der Waals surface area contributed by atoms with Crippen LogP contribution in [0.4, 0.5) is 5.69 Å². The van der Waals surface area contributed by atoms with Crippen LogP contribution in [0.15, 0.2) is 24.3 Å². The number of hydrogen-bond donors (Lipinski definition) is 0. The van der Waals surface area contributed by atoms with Gasteiger partial charge in [0.25, 0.3) is 0 Å². The first-order chi connectivity index (χ1) is 8.18. The molecule has 3 nitrogen and oxygen atoms in total. The van der Waals surface area contributed by atoms with E-state index < -0.39 is 0 Å².